The first-order valence-electron chi connectivity index (χ1n) is 17.5. The number of benzene rings is 4. The summed E-state index contributed by atoms with van der Waals surface area (Å²) >= 11 is 0. The quantitative estimate of drug-likeness (QED) is 0.114. The Morgan fingerprint density at radius 3 is 1.16 bits per heavy atom. The summed E-state index contributed by atoms with van der Waals surface area (Å²) in [6.07, 6.45) is 16.3. The number of nitrogen functional groups attached to an aromatic ring is 2. The number of hydrogen-bond donors (Lipinski definition) is 2. The molecule has 1 saturated carbocycles. The number of anilines is 2. The second-order valence-corrected chi connectivity index (χ2v) is 13.3. The Balaban J connectivity index is 1.44. The average Bonchev–Trinajstić information content (AvgIpc) is 3.07. The Kier molecular flexibility index (Phi) is 11.2. The summed E-state index contributed by atoms with van der Waals surface area (Å²) in [7, 11) is 0. The topological polar surface area (TPSA) is 52.0 Å². The Labute approximate surface area is 267 Å². The van der Waals surface area contributed by atoms with Gasteiger partial charge in [-0.2, -0.15) is 0 Å². The van der Waals surface area contributed by atoms with Gasteiger partial charge < -0.3 is 11.5 Å². The normalized spacial score (nSPS) is 16.0. The fraction of sp³-hybridized carbons (Fsp3) is 0.429. The molecule has 232 valence electrons. The molecular formula is C42H54N2. The fourth-order valence-electron chi connectivity index (χ4n) is 7.67. The van der Waals surface area contributed by atoms with Crippen molar-refractivity contribution in [1.82, 2.24) is 0 Å². The lowest BCUT2D eigenvalue weighted by atomic mass is 9.65. The molecule has 2 nitrogen and oxygen atoms in total. The highest BCUT2D eigenvalue weighted by Gasteiger charge is 2.36. The van der Waals surface area contributed by atoms with Gasteiger partial charge in [-0.3, -0.25) is 0 Å². The predicted molar refractivity (Wildman–Crippen MR) is 190 cm³/mol. The van der Waals surface area contributed by atoms with Crippen LogP contribution in [0.15, 0.2) is 97.1 Å². The van der Waals surface area contributed by atoms with Gasteiger partial charge in [0.25, 0.3) is 0 Å². The summed E-state index contributed by atoms with van der Waals surface area (Å²) in [5.41, 5.74) is 22.4. The van der Waals surface area contributed by atoms with Crippen molar-refractivity contribution in [2.45, 2.75) is 115 Å². The minimum Gasteiger partial charge on any atom is -0.399 e. The molecule has 0 aliphatic heterocycles. The summed E-state index contributed by atoms with van der Waals surface area (Å²) in [4.78, 5) is 0. The van der Waals surface area contributed by atoms with Gasteiger partial charge >= 0.3 is 0 Å². The highest BCUT2D eigenvalue weighted by atomic mass is 14.5. The van der Waals surface area contributed by atoms with Crippen LogP contribution in [0.2, 0.25) is 0 Å². The molecule has 0 amide bonds. The maximum atomic E-state index is 6.04. The third-order valence-electron chi connectivity index (χ3n) is 10.3. The van der Waals surface area contributed by atoms with Gasteiger partial charge in [-0.25, -0.2) is 0 Å². The van der Waals surface area contributed by atoms with Crippen molar-refractivity contribution >= 4 is 11.4 Å². The Morgan fingerprint density at radius 2 is 0.818 bits per heavy atom. The van der Waals surface area contributed by atoms with Crippen LogP contribution in [0.1, 0.15) is 143 Å². The molecule has 0 saturated heterocycles. The number of nitrogens with two attached hydrogens (primary N) is 2. The zero-order valence-corrected chi connectivity index (χ0v) is 27.2. The van der Waals surface area contributed by atoms with Gasteiger partial charge in [-0.05, 0) is 83.3 Å². The second kappa shape index (κ2) is 15.5. The molecular weight excluding hydrogens is 532 g/mol. The van der Waals surface area contributed by atoms with E-state index in [0.29, 0.717) is 11.8 Å². The monoisotopic (exact) mass is 586 g/mol. The third kappa shape index (κ3) is 7.57. The molecule has 5 rings (SSSR count). The molecule has 1 fully saturated rings. The molecule has 4 N–H and O–H groups in total. The zero-order chi connectivity index (χ0) is 30.8. The van der Waals surface area contributed by atoms with Gasteiger partial charge in [-0.15, -0.1) is 0 Å². The van der Waals surface area contributed by atoms with Gasteiger partial charge in [-0.1, -0.05) is 144 Å². The van der Waals surface area contributed by atoms with Crippen LogP contribution in [0.3, 0.4) is 0 Å². The number of unbranched alkanes of at least 4 members (excludes halogenated alkanes) is 4. The van der Waals surface area contributed by atoms with Gasteiger partial charge in [0.1, 0.15) is 0 Å². The van der Waals surface area contributed by atoms with Crippen molar-refractivity contribution in [2.24, 2.45) is 0 Å². The molecule has 0 aromatic heterocycles. The molecule has 2 atom stereocenters. The smallest absolute Gasteiger partial charge is 0.0314 e. The molecule has 44 heavy (non-hydrogen) atoms. The lowest BCUT2D eigenvalue weighted by Gasteiger charge is -2.39. The number of rotatable bonds is 14. The summed E-state index contributed by atoms with van der Waals surface area (Å²) in [5.74, 6) is 0.825. The predicted octanol–water partition coefficient (Wildman–Crippen LogP) is 11.5. The number of hydrogen-bond acceptors (Lipinski definition) is 2. The molecule has 1 aliphatic rings. The maximum Gasteiger partial charge on any atom is 0.0314 e. The van der Waals surface area contributed by atoms with E-state index in [2.05, 4.69) is 111 Å². The Morgan fingerprint density at radius 1 is 0.477 bits per heavy atom. The SMILES string of the molecule is CCCCCC(c1ccc(N)cc1)c1ccc(C2(c3ccc(C(CCCCC)c4ccc(N)cc4)cc3)CCCCC2)cc1. The molecule has 0 radical (unpaired) electrons. The first-order chi connectivity index (χ1) is 21.5. The molecule has 4 aromatic rings. The van der Waals surface area contributed by atoms with Gasteiger partial charge in [0, 0.05) is 28.6 Å². The van der Waals surface area contributed by atoms with Crippen LogP contribution in [0.25, 0.3) is 0 Å². The standard InChI is InChI=1S/C42H54N2/c1-3-5-8-12-40(34-18-26-38(43)27-19-34)32-14-22-36(23-15-32)42(30-10-7-11-31-42)37-24-16-33(17-25-37)41(13-9-6-4-2)35-20-28-39(44)29-21-35/h14-29,40-41H,3-13,30-31,43-44H2,1-2H3. The lowest BCUT2D eigenvalue weighted by molar-refractivity contribution is 0.346. The van der Waals surface area contributed by atoms with E-state index in [1.807, 2.05) is 0 Å². The van der Waals surface area contributed by atoms with Crippen LogP contribution in [0.5, 0.6) is 0 Å². The van der Waals surface area contributed by atoms with Gasteiger partial charge in [0.15, 0.2) is 0 Å². The van der Waals surface area contributed by atoms with Crippen molar-refractivity contribution in [1.29, 1.82) is 0 Å². The van der Waals surface area contributed by atoms with E-state index >= 15 is 0 Å². The summed E-state index contributed by atoms with van der Waals surface area (Å²) in [6, 6.07) is 36.7. The molecule has 1 aliphatic carbocycles. The molecule has 2 heteroatoms. The Bertz CT molecular complexity index is 1290. The van der Waals surface area contributed by atoms with Crippen molar-refractivity contribution < 1.29 is 0 Å². The van der Waals surface area contributed by atoms with Crippen LogP contribution < -0.4 is 11.5 Å². The van der Waals surface area contributed by atoms with Crippen LogP contribution in [0.4, 0.5) is 11.4 Å². The van der Waals surface area contributed by atoms with Gasteiger partial charge in [0.05, 0.1) is 0 Å². The minimum atomic E-state index is 0.0904. The first-order valence-corrected chi connectivity index (χ1v) is 17.5. The largest absolute Gasteiger partial charge is 0.399 e. The summed E-state index contributed by atoms with van der Waals surface area (Å²) < 4.78 is 0. The zero-order valence-electron chi connectivity index (χ0n) is 27.2. The molecule has 2 unspecified atom stereocenters. The average molecular weight is 587 g/mol. The van der Waals surface area contributed by atoms with Crippen molar-refractivity contribution in [2.75, 3.05) is 11.5 Å². The van der Waals surface area contributed by atoms with E-state index < -0.39 is 0 Å². The highest BCUT2D eigenvalue weighted by molar-refractivity contribution is 5.47. The Hall–Kier alpha value is -3.52. The highest BCUT2D eigenvalue weighted by Crippen LogP contribution is 2.46. The fourth-order valence-corrected chi connectivity index (χ4v) is 7.67. The van der Waals surface area contributed by atoms with E-state index in [1.54, 1.807) is 0 Å². The van der Waals surface area contributed by atoms with Crippen molar-refractivity contribution in [3.05, 3.63) is 130 Å². The van der Waals surface area contributed by atoms with Crippen LogP contribution >= 0.6 is 0 Å². The van der Waals surface area contributed by atoms with Crippen molar-refractivity contribution in [3.63, 3.8) is 0 Å². The van der Waals surface area contributed by atoms with E-state index in [1.165, 1.54) is 117 Å². The summed E-state index contributed by atoms with van der Waals surface area (Å²) in [5, 5.41) is 0. The van der Waals surface area contributed by atoms with E-state index in [0.717, 1.165) is 11.4 Å². The minimum absolute atomic E-state index is 0.0904. The van der Waals surface area contributed by atoms with Crippen LogP contribution in [-0.2, 0) is 5.41 Å². The molecule has 4 aromatic carbocycles. The molecule has 0 heterocycles. The van der Waals surface area contributed by atoms with Crippen LogP contribution in [0, 0.1) is 0 Å². The second-order valence-electron chi connectivity index (χ2n) is 13.3. The van der Waals surface area contributed by atoms with Crippen LogP contribution in [-0.4, -0.2) is 0 Å². The third-order valence-corrected chi connectivity index (χ3v) is 10.3. The van der Waals surface area contributed by atoms with E-state index in [9.17, 15) is 0 Å². The van der Waals surface area contributed by atoms with Crippen molar-refractivity contribution in [3.8, 4) is 0 Å². The lowest BCUT2D eigenvalue weighted by Crippen LogP contribution is -2.30. The van der Waals surface area contributed by atoms with E-state index in [-0.39, 0.29) is 5.41 Å². The molecule has 0 bridgehead atoms. The first kappa shape index (κ1) is 31.9. The maximum absolute atomic E-state index is 6.04. The van der Waals surface area contributed by atoms with E-state index in [4.69, 9.17) is 11.5 Å². The molecule has 0 spiro atoms. The van der Waals surface area contributed by atoms with Gasteiger partial charge in [0.2, 0.25) is 0 Å². The summed E-state index contributed by atoms with van der Waals surface area (Å²) in [6.45, 7) is 4.57.